The summed E-state index contributed by atoms with van der Waals surface area (Å²) in [5, 5.41) is 7.39. The molecule has 108 valence electrons. The molecule has 0 spiro atoms. The van der Waals surface area contributed by atoms with Gasteiger partial charge in [0.25, 0.3) is 0 Å². The van der Waals surface area contributed by atoms with Crippen LogP contribution in [0.1, 0.15) is 37.3 Å². The molecule has 0 aliphatic heterocycles. The zero-order chi connectivity index (χ0) is 14.7. The molecule has 0 aliphatic carbocycles. The minimum absolute atomic E-state index is 0.0172. The van der Waals surface area contributed by atoms with E-state index in [0.29, 0.717) is 6.54 Å². The molecular weight excluding hydrogens is 254 g/mol. The Hall–Kier alpha value is -2.11. The number of nitrogens with one attached hydrogen (secondary N) is 1. The highest BCUT2D eigenvalue weighted by Gasteiger charge is 2.16. The van der Waals surface area contributed by atoms with Crippen LogP contribution in [0.2, 0.25) is 0 Å². The quantitative estimate of drug-likeness (QED) is 0.902. The summed E-state index contributed by atoms with van der Waals surface area (Å²) in [6.45, 7) is 8.44. The standard InChI is InChI=1S/C14H21N5O/c1-10-7-11(2)19(17-10)12(3)8-16-14(20)13(4)18-6-5-15-9-18/h5-7,9,12-13H,8H2,1-4H3,(H,16,20). The van der Waals surface area contributed by atoms with Crippen molar-refractivity contribution in [1.29, 1.82) is 0 Å². The first-order valence-corrected chi connectivity index (χ1v) is 6.77. The molecule has 2 aromatic rings. The monoisotopic (exact) mass is 275 g/mol. The van der Waals surface area contributed by atoms with Gasteiger partial charge in [-0.25, -0.2) is 4.98 Å². The molecule has 20 heavy (non-hydrogen) atoms. The number of hydrogen-bond donors (Lipinski definition) is 1. The highest BCUT2D eigenvalue weighted by Crippen LogP contribution is 2.10. The Morgan fingerprint density at radius 3 is 2.70 bits per heavy atom. The van der Waals surface area contributed by atoms with Gasteiger partial charge in [0.15, 0.2) is 0 Å². The topological polar surface area (TPSA) is 64.7 Å². The Morgan fingerprint density at radius 2 is 2.15 bits per heavy atom. The van der Waals surface area contributed by atoms with E-state index in [9.17, 15) is 4.79 Å². The number of aryl methyl sites for hydroxylation is 2. The van der Waals surface area contributed by atoms with Crippen molar-refractivity contribution >= 4 is 5.91 Å². The average Bonchev–Trinajstić information content (AvgIpc) is 3.04. The number of hydrogen-bond acceptors (Lipinski definition) is 3. The fraction of sp³-hybridized carbons (Fsp3) is 0.500. The molecule has 2 atom stereocenters. The normalized spacial score (nSPS) is 14.0. The molecule has 2 unspecified atom stereocenters. The lowest BCUT2D eigenvalue weighted by molar-refractivity contribution is -0.124. The van der Waals surface area contributed by atoms with Crippen molar-refractivity contribution < 1.29 is 4.79 Å². The SMILES string of the molecule is Cc1cc(C)n(C(C)CNC(=O)C(C)n2ccnc2)n1. The maximum atomic E-state index is 12.1. The van der Waals surface area contributed by atoms with Gasteiger partial charge in [-0.15, -0.1) is 0 Å². The van der Waals surface area contributed by atoms with Crippen LogP contribution in [0.5, 0.6) is 0 Å². The van der Waals surface area contributed by atoms with E-state index >= 15 is 0 Å². The fourth-order valence-electron chi connectivity index (χ4n) is 2.21. The summed E-state index contributed by atoms with van der Waals surface area (Å²) in [5.41, 5.74) is 2.10. The maximum Gasteiger partial charge on any atom is 0.242 e. The Morgan fingerprint density at radius 1 is 1.40 bits per heavy atom. The van der Waals surface area contributed by atoms with Crippen LogP contribution in [0.15, 0.2) is 24.8 Å². The van der Waals surface area contributed by atoms with Gasteiger partial charge in [0.2, 0.25) is 5.91 Å². The molecule has 1 amide bonds. The van der Waals surface area contributed by atoms with Gasteiger partial charge in [0, 0.05) is 24.6 Å². The van der Waals surface area contributed by atoms with Crippen molar-refractivity contribution in [3.05, 3.63) is 36.2 Å². The molecule has 6 nitrogen and oxygen atoms in total. The van der Waals surface area contributed by atoms with Gasteiger partial charge in [0.1, 0.15) is 6.04 Å². The Balaban J connectivity index is 1.92. The summed E-state index contributed by atoms with van der Waals surface area (Å²) < 4.78 is 3.72. The molecular formula is C14H21N5O. The van der Waals surface area contributed by atoms with Gasteiger partial charge >= 0.3 is 0 Å². The van der Waals surface area contributed by atoms with Crippen LogP contribution in [-0.2, 0) is 4.79 Å². The van der Waals surface area contributed by atoms with Crippen LogP contribution in [-0.4, -0.2) is 31.8 Å². The van der Waals surface area contributed by atoms with Crippen molar-refractivity contribution in [2.75, 3.05) is 6.54 Å². The van der Waals surface area contributed by atoms with Gasteiger partial charge < -0.3 is 9.88 Å². The Kier molecular flexibility index (Phi) is 4.22. The largest absolute Gasteiger partial charge is 0.352 e. The third-order valence-corrected chi connectivity index (χ3v) is 3.39. The zero-order valence-corrected chi connectivity index (χ0v) is 12.4. The van der Waals surface area contributed by atoms with Crippen LogP contribution in [0.25, 0.3) is 0 Å². The lowest BCUT2D eigenvalue weighted by Gasteiger charge is -2.18. The summed E-state index contributed by atoms with van der Waals surface area (Å²) in [6, 6.07) is 1.90. The van der Waals surface area contributed by atoms with Gasteiger partial charge in [-0.2, -0.15) is 5.10 Å². The summed E-state index contributed by atoms with van der Waals surface area (Å²) in [5.74, 6) is -0.0172. The summed E-state index contributed by atoms with van der Waals surface area (Å²) in [7, 11) is 0. The molecule has 0 radical (unpaired) electrons. The van der Waals surface area contributed by atoms with Crippen LogP contribution >= 0.6 is 0 Å². The molecule has 0 aliphatic rings. The van der Waals surface area contributed by atoms with Gasteiger partial charge in [-0.1, -0.05) is 0 Å². The van der Waals surface area contributed by atoms with E-state index in [4.69, 9.17) is 0 Å². The molecule has 0 saturated heterocycles. The van der Waals surface area contributed by atoms with E-state index in [0.717, 1.165) is 11.4 Å². The highest BCUT2D eigenvalue weighted by molar-refractivity contribution is 5.79. The number of carbonyl (C=O) groups excluding carboxylic acids is 1. The number of carbonyl (C=O) groups is 1. The lowest BCUT2D eigenvalue weighted by Crippen LogP contribution is -2.34. The summed E-state index contributed by atoms with van der Waals surface area (Å²) in [4.78, 5) is 16.0. The van der Waals surface area contributed by atoms with E-state index in [2.05, 4.69) is 15.4 Å². The summed E-state index contributed by atoms with van der Waals surface area (Å²) >= 11 is 0. The molecule has 2 rings (SSSR count). The van der Waals surface area contributed by atoms with E-state index in [1.165, 1.54) is 0 Å². The van der Waals surface area contributed by atoms with E-state index < -0.39 is 0 Å². The average molecular weight is 275 g/mol. The van der Waals surface area contributed by atoms with Crippen molar-refractivity contribution in [2.24, 2.45) is 0 Å². The minimum atomic E-state index is -0.259. The lowest BCUT2D eigenvalue weighted by atomic mass is 10.2. The minimum Gasteiger partial charge on any atom is -0.352 e. The number of aromatic nitrogens is 4. The Labute approximate surface area is 118 Å². The molecule has 0 fully saturated rings. The molecule has 1 N–H and O–H groups in total. The molecule has 2 heterocycles. The van der Waals surface area contributed by atoms with Gasteiger partial charge in [0.05, 0.1) is 18.1 Å². The highest BCUT2D eigenvalue weighted by atomic mass is 16.2. The third kappa shape index (κ3) is 3.07. The second-order valence-electron chi connectivity index (χ2n) is 5.15. The van der Waals surface area contributed by atoms with Crippen LogP contribution in [0.4, 0.5) is 0 Å². The zero-order valence-electron chi connectivity index (χ0n) is 12.4. The van der Waals surface area contributed by atoms with Crippen LogP contribution in [0, 0.1) is 13.8 Å². The fourth-order valence-corrected chi connectivity index (χ4v) is 2.21. The Bertz CT molecular complexity index is 572. The van der Waals surface area contributed by atoms with E-state index in [1.54, 1.807) is 23.3 Å². The first-order chi connectivity index (χ1) is 9.49. The smallest absolute Gasteiger partial charge is 0.242 e. The first-order valence-electron chi connectivity index (χ1n) is 6.77. The molecule has 0 bridgehead atoms. The van der Waals surface area contributed by atoms with Crippen LogP contribution < -0.4 is 5.32 Å². The van der Waals surface area contributed by atoms with Gasteiger partial charge in [-0.05, 0) is 33.8 Å². The van der Waals surface area contributed by atoms with Crippen molar-refractivity contribution in [3.63, 3.8) is 0 Å². The predicted octanol–water partition coefficient (Wildman–Crippen LogP) is 1.63. The second-order valence-corrected chi connectivity index (χ2v) is 5.15. The van der Waals surface area contributed by atoms with Crippen molar-refractivity contribution in [3.8, 4) is 0 Å². The summed E-state index contributed by atoms with van der Waals surface area (Å²) in [6.07, 6.45) is 5.10. The first kappa shape index (κ1) is 14.3. The second kappa shape index (κ2) is 5.90. The molecule has 2 aromatic heterocycles. The number of rotatable bonds is 5. The molecule has 6 heteroatoms. The van der Waals surface area contributed by atoms with Gasteiger partial charge in [-0.3, -0.25) is 9.48 Å². The number of amides is 1. The predicted molar refractivity (Wildman–Crippen MR) is 76.4 cm³/mol. The maximum absolute atomic E-state index is 12.1. The molecule has 0 aromatic carbocycles. The van der Waals surface area contributed by atoms with Crippen molar-refractivity contribution in [2.45, 2.75) is 39.8 Å². The van der Waals surface area contributed by atoms with Crippen LogP contribution in [0.3, 0.4) is 0 Å². The van der Waals surface area contributed by atoms with Crippen molar-refractivity contribution in [1.82, 2.24) is 24.6 Å². The number of nitrogens with zero attached hydrogens (tertiary/aromatic N) is 4. The third-order valence-electron chi connectivity index (χ3n) is 3.39. The van der Waals surface area contributed by atoms with E-state index in [-0.39, 0.29) is 18.0 Å². The van der Waals surface area contributed by atoms with E-state index in [1.807, 2.05) is 38.4 Å². The molecule has 0 saturated carbocycles. The number of imidazole rings is 1.